The van der Waals surface area contributed by atoms with Crippen LogP contribution in [0.15, 0.2) is 24.3 Å². The molecule has 1 saturated heterocycles. The number of carbonyl (C=O) groups is 1. The monoisotopic (exact) mass is 375 g/mol. The lowest BCUT2D eigenvalue weighted by Crippen LogP contribution is -2.48. The molecule has 24 heavy (non-hydrogen) atoms. The van der Waals surface area contributed by atoms with Crippen molar-refractivity contribution in [2.24, 2.45) is 0 Å². The van der Waals surface area contributed by atoms with Gasteiger partial charge < -0.3 is 15.0 Å². The molecule has 0 radical (unpaired) electrons. The molecule has 1 aliphatic heterocycles. The van der Waals surface area contributed by atoms with E-state index in [0.29, 0.717) is 23.9 Å². The van der Waals surface area contributed by atoms with Gasteiger partial charge >= 0.3 is 0 Å². The molecule has 1 N–H and O–H groups in total. The fourth-order valence-electron chi connectivity index (χ4n) is 2.25. The van der Waals surface area contributed by atoms with Crippen LogP contribution in [0.2, 0.25) is 5.02 Å². The van der Waals surface area contributed by atoms with Crippen LogP contribution in [0.1, 0.15) is 0 Å². The second-order valence-corrected chi connectivity index (χ2v) is 8.14. The highest BCUT2D eigenvalue weighted by atomic mass is 35.5. The molecule has 1 heterocycles. The Morgan fingerprint density at radius 1 is 1.21 bits per heavy atom. The van der Waals surface area contributed by atoms with Crippen LogP contribution in [0.4, 0.5) is 0 Å². The normalized spacial score (nSPS) is 16.8. The van der Waals surface area contributed by atoms with Crippen LogP contribution in [-0.4, -0.2) is 75.7 Å². The molecule has 0 saturated carbocycles. The highest BCUT2D eigenvalue weighted by molar-refractivity contribution is 7.89. The largest absolute Gasteiger partial charge is 0.484 e. The lowest BCUT2D eigenvalue weighted by molar-refractivity contribution is -0.122. The zero-order valence-electron chi connectivity index (χ0n) is 13.6. The van der Waals surface area contributed by atoms with E-state index in [2.05, 4.69) is 10.2 Å². The Bertz CT molecular complexity index is 643. The maximum Gasteiger partial charge on any atom is 0.257 e. The number of rotatable bonds is 7. The van der Waals surface area contributed by atoms with Crippen molar-refractivity contribution in [3.8, 4) is 5.75 Å². The van der Waals surface area contributed by atoms with Crippen molar-refractivity contribution in [1.82, 2.24) is 14.5 Å². The minimum absolute atomic E-state index is 0.0669. The summed E-state index contributed by atoms with van der Waals surface area (Å²) in [5.41, 5.74) is 0. The number of benzene rings is 1. The van der Waals surface area contributed by atoms with Gasteiger partial charge in [0.25, 0.3) is 5.91 Å². The molecule has 1 fully saturated rings. The Morgan fingerprint density at radius 2 is 1.83 bits per heavy atom. The molecule has 134 valence electrons. The number of likely N-dealkylation sites (N-methyl/N-ethyl adjacent to an activating group) is 1. The third-order valence-electron chi connectivity index (χ3n) is 3.72. The van der Waals surface area contributed by atoms with E-state index in [1.807, 2.05) is 7.05 Å². The second-order valence-electron chi connectivity index (χ2n) is 5.61. The standard InChI is InChI=1S/C15H22ClN3O4S/c1-18-7-9-19(10-8-18)24(21,22)11-6-17-15(20)12-23-14-4-2-13(16)3-5-14/h2-5H,6-12H2,1H3,(H,17,20). The number of piperazine rings is 1. The number of ether oxygens (including phenoxy) is 1. The molecule has 7 nitrogen and oxygen atoms in total. The fourth-order valence-corrected chi connectivity index (χ4v) is 3.71. The van der Waals surface area contributed by atoms with Crippen LogP contribution in [0, 0.1) is 0 Å². The average molecular weight is 376 g/mol. The third kappa shape index (κ3) is 5.94. The van der Waals surface area contributed by atoms with Gasteiger partial charge in [0.15, 0.2) is 6.61 Å². The van der Waals surface area contributed by atoms with E-state index in [0.717, 1.165) is 13.1 Å². The first-order chi connectivity index (χ1) is 11.4. The fraction of sp³-hybridized carbons (Fsp3) is 0.533. The molecule has 0 spiro atoms. The van der Waals surface area contributed by atoms with E-state index in [1.54, 1.807) is 24.3 Å². The maximum absolute atomic E-state index is 12.2. The summed E-state index contributed by atoms with van der Waals surface area (Å²) in [5.74, 6) is 0.0572. The van der Waals surface area contributed by atoms with Crippen LogP contribution >= 0.6 is 11.6 Å². The van der Waals surface area contributed by atoms with Crippen molar-refractivity contribution < 1.29 is 17.9 Å². The lowest BCUT2D eigenvalue weighted by Gasteiger charge is -2.31. The van der Waals surface area contributed by atoms with E-state index in [-0.39, 0.29) is 24.8 Å². The van der Waals surface area contributed by atoms with Crippen LogP contribution < -0.4 is 10.1 Å². The summed E-state index contributed by atoms with van der Waals surface area (Å²) in [7, 11) is -1.37. The van der Waals surface area contributed by atoms with Gasteiger partial charge in [0, 0.05) is 37.7 Å². The van der Waals surface area contributed by atoms with Gasteiger partial charge in [-0.05, 0) is 31.3 Å². The van der Waals surface area contributed by atoms with Crippen molar-refractivity contribution in [1.29, 1.82) is 0 Å². The van der Waals surface area contributed by atoms with Crippen LogP contribution in [0.3, 0.4) is 0 Å². The van der Waals surface area contributed by atoms with Crippen molar-refractivity contribution in [2.75, 3.05) is 52.1 Å². The Balaban J connectivity index is 1.69. The first kappa shape index (κ1) is 19.0. The zero-order chi connectivity index (χ0) is 17.6. The van der Waals surface area contributed by atoms with Gasteiger partial charge in [-0.3, -0.25) is 4.79 Å². The van der Waals surface area contributed by atoms with Crippen LogP contribution in [0.25, 0.3) is 0 Å². The summed E-state index contributed by atoms with van der Waals surface area (Å²) >= 11 is 5.76. The van der Waals surface area contributed by atoms with E-state index < -0.39 is 10.0 Å². The minimum Gasteiger partial charge on any atom is -0.484 e. The molecule has 2 rings (SSSR count). The number of hydrogen-bond donors (Lipinski definition) is 1. The van der Waals surface area contributed by atoms with Crippen molar-refractivity contribution in [3.05, 3.63) is 29.3 Å². The number of nitrogens with zero attached hydrogens (tertiary/aromatic N) is 2. The number of amides is 1. The number of halogens is 1. The summed E-state index contributed by atoms with van der Waals surface area (Å²) in [6.45, 7) is 2.33. The summed E-state index contributed by atoms with van der Waals surface area (Å²) in [6.07, 6.45) is 0. The highest BCUT2D eigenvalue weighted by Gasteiger charge is 2.25. The highest BCUT2D eigenvalue weighted by Crippen LogP contribution is 2.15. The van der Waals surface area contributed by atoms with Crippen molar-refractivity contribution in [3.63, 3.8) is 0 Å². The zero-order valence-corrected chi connectivity index (χ0v) is 15.1. The van der Waals surface area contributed by atoms with Gasteiger partial charge in [-0.25, -0.2) is 8.42 Å². The van der Waals surface area contributed by atoms with E-state index >= 15 is 0 Å². The molecule has 1 aromatic carbocycles. The molecule has 0 aliphatic carbocycles. The van der Waals surface area contributed by atoms with Gasteiger partial charge in [-0.1, -0.05) is 11.6 Å². The number of hydrogen-bond acceptors (Lipinski definition) is 5. The summed E-state index contributed by atoms with van der Waals surface area (Å²) in [5, 5.41) is 3.15. The Kier molecular flexibility index (Phi) is 6.85. The third-order valence-corrected chi connectivity index (χ3v) is 5.85. The first-order valence-electron chi connectivity index (χ1n) is 7.68. The molecule has 0 atom stereocenters. The lowest BCUT2D eigenvalue weighted by atomic mass is 10.3. The van der Waals surface area contributed by atoms with Gasteiger partial charge in [-0.15, -0.1) is 0 Å². The summed E-state index contributed by atoms with van der Waals surface area (Å²) in [4.78, 5) is 13.8. The molecule has 1 aromatic rings. The number of nitrogens with one attached hydrogen (secondary N) is 1. The van der Waals surface area contributed by atoms with Gasteiger partial charge in [0.1, 0.15) is 5.75 Å². The molecule has 9 heteroatoms. The predicted molar refractivity (Wildman–Crippen MR) is 92.8 cm³/mol. The summed E-state index contributed by atoms with van der Waals surface area (Å²) < 4.78 is 31.2. The van der Waals surface area contributed by atoms with Gasteiger partial charge in [-0.2, -0.15) is 4.31 Å². The Labute approximate surface area is 147 Å². The molecule has 0 aromatic heterocycles. The van der Waals surface area contributed by atoms with E-state index in [9.17, 15) is 13.2 Å². The molecular formula is C15H22ClN3O4S. The molecule has 1 aliphatic rings. The predicted octanol–water partition coefficient (Wildman–Crippen LogP) is 0.412. The SMILES string of the molecule is CN1CCN(S(=O)(=O)CCNC(=O)COc2ccc(Cl)cc2)CC1. The topological polar surface area (TPSA) is 79.0 Å². The smallest absolute Gasteiger partial charge is 0.257 e. The average Bonchev–Trinajstić information content (AvgIpc) is 2.54. The molecule has 0 bridgehead atoms. The minimum atomic E-state index is -3.34. The molecule has 1 amide bonds. The maximum atomic E-state index is 12.2. The quantitative estimate of drug-likeness (QED) is 0.747. The number of sulfonamides is 1. The van der Waals surface area contributed by atoms with E-state index in [4.69, 9.17) is 16.3 Å². The Morgan fingerprint density at radius 3 is 2.46 bits per heavy atom. The van der Waals surface area contributed by atoms with Gasteiger partial charge in [0.2, 0.25) is 10.0 Å². The molecule has 0 unspecified atom stereocenters. The number of carbonyl (C=O) groups excluding carboxylic acids is 1. The van der Waals surface area contributed by atoms with E-state index in [1.165, 1.54) is 4.31 Å². The van der Waals surface area contributed by atoms with Crippen molar-refractivity contribution >= 4 is 27.5 Å². The Hall–Kier alpha value is -1.35. The van der Waals surface area contributed by atoms with Gasteiger partial charge in [0.05, 0.1) is 5.75 Å². The van der Waals surface area contributed by atoms with Crippen LogP contribution in [0.5, 0.6) is 5.75 Å². The second kappa shape index (κ2) is 8.66. The van der Waals surface area contributed by atoms with Crippen LogP contribution in [-0.2, 0) is 14.8 Å². The first-order valence-corrected chi connectivity index (χ1v) is 9.67. The molecular weight excluding hydrogens is 354 g/mol. The van der Waals surface area contributed by atoms with Crippen molar-refractivity contribution in [2.45, 2.75) is 0 Å². The summed E-state index contributed by atoms with van der Waals surface area (Å²) in [6, 6.07) is 6.65.